The van der Waals surface area contributed by atoms with Gasteiger partial charge in [0.15, 0.2) is 0 Å². The highest BCUT2D eigenvalue weighted by molar-refractivity contribution is 7.89. The highest BCUT2D eigenvalue weighted by Gasteiger charge is 2.26. The summed E-state index contributed by atoms with van der Waals surface area (Å²) >= 11 is 0. The van der Waals surface area contributed by atoms with Crippen LogP contribution in [-0.4, -0.2) is 38.4 Å². The molecule has 1 amide bonds. The Hall–Kier alpha value is -1.40. The number of carbonyl (C=O) groups is 1. The summed E-state index contributed by atoms with van der Waals surface area (Å²) in [5.41, 5.74) is 0.995. The molecule has 1 aliphatic heterocycles. The van der Waals surface area contributed by atoms with Gasteiger partial charge in [-0.1, -0.05) is 24.6 Å². The van der Waals surface area contributed by atoms with Gasteiger partial charge in [-0.25, -0.2) is 13.1 Å². The van der Waals surface area contributed by atoms with E-state index in [-0.39, 0.29) is 23.4 Å². The molecule has 0 radical (unpaired) electrons. The number of aryl methyl sites for hydroxylation is 1. The molecule has 1 fully saturated rings. The van der Waals surface area contributed by atoms with Crippen LogP contribution in [0.25, 0.3) is 0 Å². The third kappa shape index (κ3) is 4.08. The molecule has 1 aromatic carbocycles. The van der Waals surface area contributed by atoms with Crippen molar-refractivity contribution in [2.24, 2.45) is 0 Å². The molecule has 1 N–H and O–H groups in total. The molecule has 5 nitrogen and oxygen atoms in total. The van der Waals surface area contributed by atoms with Gasteiger partial charge in [0.1, 0.15) is 0 Å². The van der Waals surface area contributed by atoms with Gasteiger partial charge in [-0.3, -0.25) is 4.79 Å². The number of likely N-dealkylation sites (tertiary alicyclic amines) is 1. The Morgan fingerprint density at radius 2 is 1.95 bits per heavy atom. The number of benzene rings is 1. The quantitative estimate of drug-likeness (QED) is 0.901. The van der Waals surface area contributed by atoms with E-state index in [0.717, 1.165) is 37.8 Å². The second kappa shape index (κ2) is 7.24. The predicted molar refractivity (Wildman–Crippen MR) is 86.0 cm³/mol. The van der Waals surface area contributed by atoms with Gasteiger partial charge in [0.2, 0.25) is 15.9 Å². The van der Waals surface area contributed by atoms with E-state index < -0.39 is 10.0 Å². The summed E-state index contributed by atoms with van der Waals surface area (Å²) < 4.78 is 26.8. The van der Waals surface area contributed by atoms with Crippen molar-refractivity contribution in [2.45, 2.75) is 50.5 Å². The average Bonchev–Trinajstić information content (AvgIpc) is 2.53. The maximum Gasteiger partial charge on any atom is 0.241 e. The minimum Gasteiger partial charge on any atom is -0.339 e. The first-order valence-corrected chi connectivity index (χ1v) is 9.28. The SMILES string of the molecule is CCC1CCCCN1C(=O)CNS(=O)(=O)c1ccc(C)cc1. The first-order valence-electron chi connectivity index (χ1n) is 7.80. The monoisotopic (exact) mass is 324 g/mol. The lowest BCUT2D eigenvalue weighted by atomic mass is 10.00. The van der Waals surface area contributed by atoms with Crippen LogP contribution in [0.4, 0.5) is 0 Å². The summed E-state index contributed by atoms with van der Waals surface area (Å²) in [6.45, 7) is 4.51. The molecule has 0 bridgehead atoms. The van der Waals surface area contributed by atoms with E-state index in [1.165, 1.54) is 0 Å². The molecule has 1 saturated heterocycles. The zero-order valence-corrected chi connectivity index (χ0v) is 14.0. The number of sulfonamides is 1. The maximum absolute atomic E-state index is 12.3. The van der Waals surface area contributed by atoms with Crippen LogP contribution in [-0.2, 0) is 14.8 Å². The van der Waals surface area contributed by atoms with Crippen molar-refractivity contribution in [3.05, 3.63) is 29.8 Å². The Bertz CT molecular complexity index is 611. The van der Waals surface area contributed by atoms with E-state index in [0.29, 0.717) is 0 Å². The Labute approximate surface area is 132 Å². The minimum absolute atomic E-state index is 0.137. The molecule has 1 aliphatic rings. The second-order valence-electron chi connectivity index (χ2n) is 5.78. The Balaban J connectivity index is 1.99. The van der Waals surface area contributed by atoms with E-state index in [1.807, 2.05) is 11.8 Å². The molecule has 22 heavy (non-hydrogen) atoms. The van der Waals surface area contributed by atoms with Crippen LogP contribution in [0.2, 0.25) is 0 Å². The number of nitrogens with zero attached hydrogens (tertiary/aromatic N) is 1. The van der Waals surface area contributed by atoms with Crippen LogP contribution in [0, 0.1) is 6.92 Å². The van der Waals surface area contributed by atoms with Crippen LogP contribution in [0.5, 0.6) is 0 Å². The van der Waals surface area contributed by atoms with Gasteiger partial charge in [0.05, 0.1) is 11.4 Å². The second-order valence-corrected chi connectivity index (χ2v) is 7.55. The molecular formula is C16H24N2O3S. The number of piperidine rings is 1. The summed E-state index contributed by atoms with van der Waals surface area (Å²) in [5.74, 6) is -0.137. The Kier molecular flexibility index (Phi) is 5.58. The number of nitrogens with one attached hydrogen (secondary N) is 1. The van der Waals surface area contributed by atoms with E-state index >= 15 is 0 Å². The van der Waals surface area contributed by atoms with Crippen molar-refractivity contribution < 1.29 is 13.2 Å². The van der Waals surface area contributed by atoms with Crippen LogP contribution < -0.4 is 4.72 Å². The number of carbonyl (C=O) groups excluding carboxylic acids is 1. The lowest BCUT2D eigenvalue weighted by Crippen LogP contribution is -2.47. The van der Waals surface area contributed by atoms with E-state index in [4.69, 9.17) is 0 Å². The zero-order valence-electron chi connectivity index (χ0n) is 13.2. The lowest BCUT2D eigenvalue weighted by molar-refractivity contribution is -0.133. The van der Waals surface area contributed by atoms with Crippen molar-refractivity contribution >= 4 is 15.9 Å². The van der Waals surface area contributed by atoms with E-state index in [9.17, 15) is 13.2 Å². The van der Waals surface area contributed by atoms with Crippen LogP contribution in [0.3, 0.4) is 0 Å². The van der Waals surface area contributed by atoms with Crippen LogP contribution in [0.15, 0.2) is 29.2 Å². The first-order chi connectivity index (χ1) is 10.4. The Morgan fingerprint density at radius 3 is 2.59 bits per heavy atom. The molecule has 1 unspecified atom stereocenters. The fraction of sp³-hybridized carbons (Fsp3) is 0.562. The van der Waals surface area contributed by atoms with Crippen molar-refractivity contribution in [3.8, 4) is 0 Å². The molecule has 1 heterocycles. The number of amides is 1. The summed E-state index contributed by atoms with van der Waals surface area (Å²) in [6.07, 6.45) is 4.05. The molecule has 0 saturated carbocycles. The van der Waals surface area contributed by atoms with Gasteiger partial charge in [-0.2, -0.15) is 0 Å². The molecule has 0 aromatic heterocycles. The van der Waals surface area contributed by atoms with Crippen LogP contribution >= 0.6 is 0 Å². The maximum atomic E-state index is 12.3. The summed E-state index contributed by atoms with van der Waals surface area (Å²) in [4.78, 5) is 14.3. The first kappa shape index (κ1) is 17.0. The van der Waals surface area contributed by atoms with Crippen LogP contribution in [0.1, 0.15) is 38.2 Å². The fourth-order valence-electron chi connectivity index (χ4n) is 2.81. The average molecular weight is 324 g/mol. The van der Waals surface area contributed by atoms with Crippen molar-refractivity contribution in [2.75, 3.05) is 13.1 Å². The number of rotatable bonds is 5. The number of hydrogen-bond donors (Lipinski definition) is 1. The summed E-state index contributed by atoms with van der Waals surface area (Å²) in [6, 6.07) is 6.84. The normalized spacial score (nSPS) is 19.2. The molecule has 0 spiro atoms. The van der Waals surface area contributed by atoms with E-state index in [1.54, 1.807) is 24.3 Å². The molecule has 0 aliphatic carbocycles. The van der Waals surface area contributed by atoms with Crippen molar-refractivity contribution in [3.63, 3.8) is 0 Å². The highest BCUT2D eigenvalue weighted by Crippen LogP contribution is 2.19. The molecule has 1 atom stereocenters. The van der Waals surface area contributed by atoms with Gasteiger partial charge in [-0.05, 0) is 44.7 Å². The Morgan fingerprint density at radius 1 is 1.27 bits per heavy atom. The minimum atomic E-state index is -3.63. The summed E-state index contributed by atoms with van der Waals surface area (Å²) in [7, 11) is -3.63. The summed E-state index contributed by atoms with van der Waals surface area (Å²) in [5, 5.41) is 0. The van der Waals surface area contributed by atoms with Gasteiger partial charge in [-0.15, -0.1) is 0 Å². The van der Waals surface area contributed by atoms with Gasteiger partial charge >= 0.3 is 0 Å². The van der Waals surface area contributed by atoms with Gasteiger partial charge < -0.3 is 4.90 Å². The largest absolute Gasteiger partial charge is 0.339 e. The molecular weight excluding hydrogens is 300 g/mol. The van der Waals surface area contributed by atoms with E-state index in [2.05, 4.69) is 11.6 Å². The smallest absolute Gasteiger partial charge is 0.241 e. The molecule has 6 heteroatoms. The van der Waals surface area contributed by atoms with Gasteiger partial charge in [0, 0.05) is 12.6 Å². The lowest BCUT2D eigenvalue weighted by Gasteiger charge is -2.35. The third-order valence-electron chi connectivity index (χ3n) is 4.16. The molecule has 1 aromatic rings. The third-order valence-corrected chi connectivity index (χ3v) is 5.58. The van der Waals surface area contributed by atoms with Crippen molar-refractivity contribution in [1.82, 2.24) is 9.62 Å². The topological polar surface area (TPSA) is 66.5 Å². The van der Waals surface area contributed by atoms with Gasteiger partial charge in [0.25, 0.3) is 0 Å². The zero-order chi connectivity index (χ0) is 16.2. The standard InChI is InChI=1S/C16H24N2O3S/c1-3-14-6-4-5-11-18(14)16(19)12-17-22(20,21)15-9-7-13(2)8-10-15/h7-10,14,17H,3-6,11-12H2,1-2H3. The number of hydrogen-bond acceptors (Lipinski definition) is 3. The highest BCUT2D eigenvalue weighted by atomic mass is 32.2. The van der Waals surface area contributed by atoms with Crippen molar-refractivity contribution in [1.29, 1.82) is 0 Å². The molecule has 2 rings (SSSR count). The molecule has 122 valence electrons. The fourth-order valence-corrected chi connectivity index (χ4v) is 3.79. The predicted octanol–water partition coefficient (Wildman–Crippen LogP) is 2.06.